The van der Waals surface area contributed by atoms with Crippen LogP contribution < -0.4 is 24.9 Å². The minimum absolute atomic E-state index is 0.00851. The quantitative estimate of drug-likeness (QED) is 0.169. The zero-order chi connectivity index (χ0) is 36.2. The number of benzene rings is 3. The number of anilines is 1. The van der Waals surface area contributed by atoms with Crippen molar-refractivity contribution < 1.29 is 31.8 Å². The van der Waals surface area contributed by atoms with E-state index in [1.54, 1.807) is 64.1 Å². The summed E-state index contributed by atoms with van der Waals surface area (Å²) in [5.74, 6) is 6.15. The summed E-state index contributed by atoms with van der Waals surface area (Å²) in [6, 6.07) is 14.2. The molecule has 16 heteroatoms. The zero-order valence-electron chi connectivity index (χ0n) is 28.0. The van der Waals surface area contributed by atoms with Gasteiger partial charge in [0.05, 0.1) is 43.9 Å². The van der Waals surface area contributed by atoms with Crippen molar-refractivity contribution in [2.45, 2.75) is 50.8 Å². The molecule has 0 unspecified atom stereocenters. The number of oxazole rings is 1. The third-order valence-electron chi connectivity index (χ3n) is 7.35. The van der Waals surface area contributed by atoms with E-state index in [1.807, 2.05) is 6.07 Å². The number of sulfonamides is 1. The lowest BCUT2D eigenvalue weighted by Gasteiger charge is -2.23. The second kappa shape index (κ2) is 14.8. The lowest BCUT2D eigenvalue weighted by Crippen LogP contribution is -2.32. The summed E-state index contributed by atoms with van der Waals surface area (Å²) in [5.41, 5.74) is 1.47. The molecule has 13 nitrogen and oxygen atoms in total. The maximum atomic E-state index is 14.3. The second-order valence-electron chi connectivity index (χ2n) is 11.8. The van der Waals surface area contributed by atoms with Crippen LogP contribution >= 0.6 is 23.1 Å². The molecule has 0 fully saturated rings. The number of nitrogens with zero attached hydrogens (tertiary/aromatic N) is 4. The highest BCUT2D eigenvalue weighted by Gasteiger charge is 2.32. The molecule has 1 atom stereocenters. The van der Waals surface area contributed by atoms with Crippen LogP contribution in [0.3, 0.4) is 0 Å². The molecule has 0 aliphatic heterocycles. The number of nitrogens with one attached hydrogen (secondary N) is 1. The number of hydrogen-bond acceptors (Lipinski definition) is 11. The molecule has 0 saturated heterocycles. The third kappa shape index (κ3) is 7.88. The molecule has 0 aliphatic carbocycles. The highest BCUT2D eigenvalue weighted by Crippen LogP contribution is 2.36. The Hall–Kier alpha value is -5.04. The Morgan fingerprint density at radius 3 is 2.58 bits per heavy atom. The lowest BCUT2D eigenvalue weighted by molar-refractivity contribution is 0.0535. The predicted molar refractivity (Wildman–Crippen MR) is 190 cm³/mol. The molecule has 262 valence electrons. The number of ether oxygens (including phenoxy) is 3. The van der Waals surface area contributed by atoms with Crippen molar-refractivity contribution >= 4 is 55.5 Å². The van der Waals surface area contributed by atoms with Crippen molar-refractivity contribution in [3.05, 3.63) is 93.2 Å². The summed E-state index contributed by atoms with van der Waals surface area (Å²) in [5, 5.41) is 2.54. The van der Waals surface area contributed by atoms with Gasteiger partial charge in [-0.15, -0.1) is 0 Å². The Labute approximate surface area is 298 Å². The fourth-order valence-electron chi connectivity index (χ4n) is 5.07. The van der Waals surface area contributed by atoms with Crippen LogP contribution in [-0.4, -0.2) is 54.8 Å². The van der Waals surface area contributed by atoms with Crippen LogP contribution in [0.25, 0.3) is 11.1 Å². The van der Waals surface area contributed by atoms with Gasteiger partial charge in [0.15, 0.2) is 5.58 Å². The van der Waals surface area contributed by atoms with Gasteiger partial charge in [-0.25, -0.2) is 27.3 Å². The smallest absolute Gasteiger partial charge is 0.420 e. The van der Waals surface area contributed by atoms with Crippen molar-refractivity contribution in [3.8, 4) is 23.3 Å². The van der Waals surface area contributed by atoms with Gasteiger partial charge in [-0.3, -0.25) is 4.57 Å². The van der Waals surface area contributed by atoms with Crippen LogP contribution in [0.2, 0.25) is 5.02 Å². The molecular formula is C34H34ClN5O8S2. The summed E-state index contributed by atoms with van der Waals surface area (Å²) in [4.78, 5) is 29.2. The van der Waals surface area contributed by atoms with Gasteiger partial charge in [0.25, 0.3) is 10.0 Å². The van der Waals surface area contributed by atoms with E-state index in [0.29, 0.717) is 28.2 Å². The SMILES string of the molecule is COc1ccc(CN(c2ncns2)S(=O)(=O)c2cc3oc(=O)n([C@H](C)c4ccccc4C#CCNC(=O)OC(C)(C)C)c3cc2Cl)c(OC)c1. The van der Waals surface area contributed by atoms with Gasteiger partial charge in [0.1, 0.15) is 28.3 Å². The summed E-state index contributed by atoms with van der Waals surface area (Å²) in [6.07, 6.45) is 0.661. The molecular weight excluding hydrogens is 706 g/mol. The minimum Gasteiger partial charge on any atom is -0.497 e. The maximum absolute atomic E-state index is 14.3. The number of hydrogen-bond donors (Lipinski definition) is 1. The van der Waals surface area contributed by atoms with Crippen LogP contribution in [-0.2, 0) is 21.3 Å². The monoisotopic (exact) mass is 739 g/mol. The Kier molecular flexibility index (Phi) is 10.8. The van der Waals surface area contributed by atoms with Crippen LogP contribution in [0, 0.1) is 11.8 Å². The number of methoxy groups -OCH3 is 2. The van der Waals surface area contributed by atoms with Crippen LogP contribution in [0.5, 0.6) is 11.5 Å². The normalized spacial score (nSPS) is 12.1. The summed E-state index contributed by atoms with van der Waals surface area (Å²) in [7, 11) is -1.42. The highest BCUT2D eigenvalue weighted by atomic mass is 35.5. The number of amides is 1. The number of fused-ring (bicyclic) bond motifs is 1. The number of aromatic nitrogens is 3. The molecule has 2 heterocycles. The molecule has 0 saturated carbocycles. The molecule has 50 heavy (non-hydrogen) atoms. The van der Waals surface area contributed by atoms with E-state index in [1.165, 1.54) is 37.2 Å². The van der Waals surface area contributed by atoms with E-state index < -0.39 is 33.5 Å². The molecule has 3 aromatic carbocycles. The maximum Gasteiger partial charge on any atom is 0.420 e. The summed E-state index contributed by atoms with van der Waals surface area (Å²) in [6.45, 7) is 6.95. The molecule has 0 radical (unpaired) electrons. The largest absolute Gasteiger partial charge is 0.497 e. The predicted octanol–water partition coefficient (Wildman–Crippen LogP) is 6.00. The Morgan fingerprint density at radius 2 is 1.90 bits per heavy atom. The van der Waals surface area contributed by atoms with Gasteiger partial charge in [-0.2, -0.15) is 4.37 Å². The van der Waals surface area contributed by atoms with E-state index in [4.69, 9.17) is 30.2 Å². The molecule has 0 spiro atoms. The van der Waals surface area contributed by atoms with Crippen molar-refractivity contribution in [1.29, 1.82) is 0 Å². The second-order valence-corrected chi connectivity index (χ2v) is 14.8. The first-order valence-corrected chi connectivity index (χ1v) is 17.7. The molecule has 0 aliphatic rings. The average molecular weight is 740 g/mol. The number of carbonyl (C=O) groups is 1. The first-order chi connectivity index (χ1) is 23.7. The van der Waals surface area contributed by atoms with Crippen molar-refractivity contribution in [3.63, 3.8) is 0 Å². The van der Waals surface area contributed by atoms with Gasteiger partial charge in [0, 0.05) is 34.8 Å². The number of carbonyl (C=O) groups excluding carboxylic acids is 1. The molecule has 1 N–H and O–H groups in total. The number of rotatable bonds is 10. The Balaban J connectivity index is 1.49. The van der Waals surface area contributed by atoms with Gasteiger partial charge >= 0.3 is 11.8 Å². The van der Waals surface area contributed by atoms with Crippen molar-refractivity contribution in [2.75, 3.05) is 25.1 Å². The molecule has 5 rings (SSSR count). The van der Waals surface area contributed by atoms with E-state index >= 15 is 0 Å². The molecule has 2 aromatic heterocycles. The van der Waals surface area contributed by atoms with E-state index in [-0.39, 0.29) is 39.2 Å². The van der Waals surface area contributed by atoms with Crippen molar-refractivity contribution in [1.82, 2.24) is 19.2 Å². The van der Waals surface area contributed by atoms with E-state index in [0.717, 1.165) is 15.8 Å². The molecule has 1 amide bonds. The fourth-order valence-corrected chi connectivity index (χ4v) is 7.72. The minimum atomic E-state index is -4.40. The Morgan fingerprint density at radius 1 is 1.14 bits per heavy atom. The highest BCUT2D eigenvalue weighted by molar-refractivity contribution is 7.93. The number of alkyl carbamates (subject to hydrolysis) is 1. The van der Waals surface area contributed by atoms with Gasteiger partial charge in [0.2, 0.25) is 5.13 Å². The average Bonchev–Trinajstić information content (AvgIpc) is 3.71. The first-order valence-electron chi connectivity index (χ1n) is 15.1. The third-order valence-corrected chi connectivity index (χ3v) is 10.4. The summed E-state index contributed by atoms with van der Waals surface area (Å²) >= 11 is 7.59. The first kappa shape index (κ1) is 36.2. The van der Waals surface area contributed by atoms with E-state index in [9.17, 15) is 18.0 Å². The molecule has 5 aromatic rings. The fraction of sp³-hybridized carbons (Fsp3) is 0.294. The zero-order valence-corrected chi connectivity index (χ0v) is 30.4. The summed E-state index contributed by atoms with van der Waals surface area (Å²) < 4.78 is 56.6. The van der Waals surface area contributed by atoms with Crippen molar-refractivity contribution in [2.24, 2.45) is 0 Å². The van der Waals surface area contributed by atoms with E-state index in [2.05, 4.69) is 26.5 Å². The van der Waals surface area contributed by atoms with Gasteiger partial charge < -0.3 is 23.9 Å². The lowest BCUT2D eigenvalue weighted by atomic mass is 10.0. The van der Waals surface area contributed by atoms with Crippen LogP contribution in [0.1, 0.15) is 50.4 Å². The van der Waals surface area contributed by atoms with Gasteiger partial charge in [-0.05, 0) is 57.5 Å². The Bertz CT molecular complexity index is 2250. The van der Waals surface area contributed by atoms with Crippen LogP contribution in [0.4, 0.5) is 9.93 Å². The standard InChI is InChI=1S/C34H34ClN5O8S2/c1-21(25-12-8-7-10-22(25)11-9-15-36-32(41)48-34(2,3)4)40-27-17-26(35)30(18-29(27)47-33(40)42)50(43,44)39(31-37-20-38-49-31)19-23-13-14-24(45-5)16-28(23)46-6/h7-8,10,12-14,16-18,20-21H,15,19H2,1-6H3,(H,36,41)/t21-/m1/s1. The topological polar surface area (TPSA) is 155 Å². The molecule has 0 bridgehead atoms. The number of halogens is 1. The van der Waals surface area contributed by atoms with Crippen LogP contribution in [0.15, 0.2) is 75.0 Å². The van der Waals surface area contributed by atoms with Gasteiger partial charge in [-0.1, -0.05) is 41.6 Å².